The lowest BCUT2D eigenvalue weighted by Gasteiger charge is -2.39. The first-order chi connectivity index (χ1) is 12.0. The molecule has 0 aromatic heterocycles. The first kappa shape index (κ1) is 17.5. The van der Waals surface area contributed by atoms with Gasteiger partial charge in [0.15, 0.2) is 0 Å². The van der Waals surface area contributed by atoms with Gasteiger partial charge in [0.1, 0.15) is 0 Å². The summed E-state index contributed by atoms with van der Waals surface area (Å²) >= 11 is 0. The highest BCUT2D eigenvalue weighted by Crippen LogP contribution is 2.51. The van der Waals surface area contributed by atoms with Crippen molar-refractivity contribution in [2.24, 2.45) is 0 Å². The molecule has 2 heterocycles. The number of ether oxygens (including phenoxy) is 1. The molecule has 6 heteroatoms. The fourth-order valence-electron chi connectivity index (χ4n) is 4.91. The number of rotatable bonds is 3. The Morgan fingerprint density at radius 2 is 1.84 bits per heavy atom. The molecule has 1 spiro atoms. The summed E-state index contributed by atoms with van der Waals surface area (Å²) in [5.74, 6) is 0. The van der Waals surface area contributed by atoms with Crippen molar-refractivity contribution in [3.8, 4) is 0 Å². The van der Waals surface area contributed by atoms with E-state index in [4.69, 9.17) is 4.74 Å². The monoisotopic (exact) mass is 364 g/mol. The summed E-state index contributed by atoms with van der Waals surface area (Å²) in [6, 6.07) is 9.67. The van der Waals surface area contributed by atoms with Crippen molar-refractivity contribution in [2.75, 3.05) is 32.6 Å². The quantitative estimate of drug-likeness (QED) is 0.893. The van der Waals surface area contributed by atoms with Gasteiger partial charge in [-0.15, -0.1) is 0 Å². The fraction of sp³-hybridized carbons (Fsp3) is 0.684. The molecule has 1 atom stereocenters. The molecule has 2 aliphatic heterocycles. The molecule has 2 saturated heterocycles. The summed E-state index contributed by atoms with van der Waals surface area (Å²) in [4.78, 5) is 0. The minimum absolute atomic E-state index is 0.126. The zero-order chi connectivity index (χ0) is 17.5. The van der Waals surface area contributed by atoms with Crippen LogP contribution in [0.3, 0.4) is 0 Å². The van der Waals surface area contributed by atoms with E-state index in [0.717, 1.165) is 45.3 Å². The first-order valence-corrected chi connectivity index (χ1v) is 11.2. The lowest BCUT2D eigenvalue weighted by Crippen LogP contribution is -2.44. The van der Waals surface area contributed by atoms with E-state index in [1.807, 2.05) is 0 Å². The van der Waals surface area contributed by atoms with E-state index in [-0.39, 0.29) is 5.41 Å². The van der Waals surface area contributed by atoms with Crippen LogP contribution in [0.2, 0.25) is 0 Å². The molecule has 2 fully saturated rings. The molecule has 0 saturated carbocycles. The Hall–Kier alpha value is -0.950. The van der Waals surface area contributed by atoms with E-state index in [2.05, 4.69) is 29.6 Å². The zero-order valence-electron chi connectivity index (χ0n) is 14.9. The van der Waals surface area contributed by atoms with Crippen molar-refractivity contribution in [2.45, 2.75) is 49.6 Å². The van der Waals surface area contributed by atoms with Gasteiger partial charge in [-0.2, -0.15) is 0 Å². The maximum atomic E-state index is 11.9. The smallest absolute Gasteiger partial charge is 0.211 e. The molecule has 25 heavy (non-hydrogen) atoms. The van der Waals surface area contributed by atoms with Crippen molar-refractivity contribution in [3.63, 3.8) is 0 Å². The van der Waals surface area contributed by atoms with E-state index in [1.54, 1.807) is 4.31 Å². The van der Waals surface area contributed by atoms with Gasteiger partial charge in [-0.05, 0) is 48.6 Å². The molecule has 0 radical (unpaired) electrons. The summed E-state index contributed by atoms with van der Waals surface area (Å²) in [6.45, 7) is 2.97. The highest BCUT2D eigenvalue weighted by Gasteiger charge is 2.46. The van der Waals surface area contributed by atoms with Crippen LogP contribution in [0.4, 0.5) is 0 Å². The Morgan fingerprint density at radius 1 is 1.16 bits per heavy atom. The van der Waals surface area contributed by atoms with Crippen LogP contribution >= 0.6 is 0 Å². The van der Waals surface area contributed by atoms with E-state index >= 15 is 0 Å². The Morgan fingerprint density at radius 3 is 2.52 bits per heavy atom. The highest BCUT2D eigenvalue weighted by molar-refractivity contribution is 7.88. The molecule has 3 aliphatic rings. The zero-order valence-corrected chi connectivity index (χ0v) is 15.7. The van der Waals surface area contributed by atoms with Gasteiger partial charge in [-0.3, -0.25) is 0 Å². The third-order valence-electron chi connectivity index (χ3n) is 6.31. The number of fused-ring (bicyclic) bond motifs is 2. The van der Waals surface area contributed by atoms with Gasteiger partial charge in [-0.25, -0.2) is 12.7 Å². The van der Waals surface area contributed by atoms with Crippen molar-refractivity contribution < 1.29 is 13.2 Å². The van der Waals surface area contributed by atoms with E-state index < -0.39 is 10.0 Å². The molecule has 1 aromatic carbocycles. The summed E-state index contributed by atoms with van der Waals surface area (Å²) in [7, 11) is -3.08. The predicted molar refractivity (Wildman–Crippen MR) is 98.1 cm³/mol. The second-order valence-electron chi connectivity index (χ2n) is 7.84. The second-order valence-corrected chi connectivity index (χ2v) is 9.82. The van der Waals surface area contributed by atoms with Crippen molar-refractivity contribution >= 4 is 10.0 Å². The lowest BCUT2D eigenvalue weighted by molar-refractivity contribution is 0.0737. The summed E-state index contributed by atoms with van der Waals surface area (Å²) in [5, 5.41) is 3.88. The summed E-state index contributed by atoms with van der Waals surface area (Å²) in [6.07, 6.45) is 6.40. The molecule has 1 aromatic rings. The molecule has 4 rings (SSSR count). The molecule has 1 aliphatic carbocycles. The number of hydrogen-bond donors (Lipinski definition) is 1. The Balaban J connectivity index is 1.54. The van der Waals surface area contributed by atoms with Crippen molar-refractivity contribution in [1.29, 1.82) is 0 Å². The van der Waals surface area contributed by atoms with Crippen LogP contribution in [-0.4, -0.2) is 51.3 Å². The van der Waals surface area contributed by atoms with Gasteiger partial charge in [0.05, 0.1) is 6.26 Å². The Labute approximate surface area is 150 Å². The van der Waals surface area contributed by atoms with Crippen LogP contribution in [0.5, 0.6) is 0 Å². The Kier molecular flexibility index (Phi) is 4.65. The minimum atomic E-state index is -3.08. The largest absolute Gasteiger partial charge is 0.381 e. The van der Waals surface area contributed by atoms with Crippen LogP contribution in [0.15, 0.2) is 24.3 Å². The number of piperidine rings is 1. The fourth-order valence-corrected chi connectivity index (χ4v) is 5.76. The summed E-state index contributed by atoms with van der Waals surface area (Å²) < 4.78 is 30.9. The van der Waals surface area contributed by atoms with E-state index in [1.165, 1.54) is 17.4 Å². The maximum absolute atomic E-state index is 11.9. The van der Waals surface area contributed by atoms with Gasteiger partial charge in [-0.1, -0.05) is 24.3 Å². The molecule has 0 amide bonds. The molecule has 138 valence electrons. The third-order valence-corrected chi connectivity index (χ3v) is 7.61. The van der Waals surface area contributed by atoms with Gasteiger partial charge < -0.3 is 10.1 Å². The predicted octanol–water partition coefficient (Wildman–Crippen LogP) is 2.19. The number of sulfonamides is 1. The second kappa shape index (κ2) is 6.65. The van der Waals surface area contributed by atoms with Crippen molar-refractivity contribution in [3.05, 3.63) is 35.4 Å². The standard InChI is InChI=1S/C19H28N2O3S/c1-25(22,23)21-10-8-19(9-11-21)14-18(16-4-2-3-5-17(16)19)20-15-6-12-24-13-7-15/h2-5,15,18,20H,6-14H2,1H3/t18-/m1/s1. The van der Waals surface area contributed by atoms with E-state index in [0.29, 0.717) is 25.2 Å². The lowest BCUT2D eigenvalue weighted by atomic mass is 9.74. The van der Waals surface area contributed by atoms with Crippen LogP contribution in [0.1, 0.15) is 49.3 Å². The van der Waals surface area contributed by atoms with Crippen LogP contribution in [0.25, 0.3) is 0 Å². The topological polar surface area (TPSA) is 58.6 Å². The van der Waals surface area contributed by atoms with Gasteiger partial charge in [0, 0.05) is 38.4 Å². The minimum Gasteiger partial charge on any atom is -0.381 e. The number of nitrogens with zero attached hydrogens (tertiary/aromatic N) is 1. The Bertz CT molecular complexity index is 720. The van der Waals surface area contributed by atoms with Crippen LogP contribution < -0.4 is 5.32 Å². The average Bonchev–Trinajstić information content (AvgIpc) is 2.89. The first-order valence-electron chi connectivity index (χ1n) is 9.36. The van der Waals surface area contributed by atoms with Crippen LogP contribution in [0, 0.1) is 0 Å². The van der Waals surface area contributed by atoms with E-state index in [9.17, 15) is 8.42 Å². The normalized spacial score (nSPS) is 27.5. The van der Waals surface area contributed by atoms with Crippen molar-refractivity contribution in [1.82, 2.24) is 9.62 Å². The van der Waals surface area contributed by atoms with Gasteiger partial charge in [0.25, 0.3) is 0 Å². The number of hydrogen-bond acceptors (Lipinski definition) is 4. The van der Waals surface area contributed by atoms with Gasteiger partial charge >= 0.3 is 0 Å². The average molecular weight is 365 g/mol. The summed E-state index contributed by atoms with van der Waals surface area (Å²) in [5.41, 5.74) is 2.98. The molecular weight excluding hydrogens is 336 g/mol. The molecule has 5 nitrogen and oxygen atoms in total. The highest BCUT2D eigenvalue weighted by atomic mass is 32.2. The molecule has 0 unspecified atom stereocenters. The molecular formula is C19H28N2O3S. The molecule has 0 bridgehead atoms. The maximum Gasteiger partial charge on any atom is 0.211 e. The van der Waals surface area contributed by atoms with Gasteiger partial charge in [0.2, 0.25) is 10.0 Å². The molecule has 1 N–H and O–H groups in total. The van der Waals surface area contributed by atoms with Crippen LogP contribution in [-0.2, 0) is 20.2 Å². The SMILES string of the molecule is CS(=O)(=O)N1CCC2(CC1)C[C@@H](NC1CCOCC1)c1ccccc12. The number of benzene rings is 1. The number of nitrogens with one attached hydrogen (secondary N) is 1. The third kappa shape index (κ3) is 3.37.